The van der Waals surface area contributed by atoms with E-state index in [0.29, 0.717) is 12.8 Å². The fraction of sp³-hybridized carbons (Fsp3) is 0.357. The third kappa shape index (κ3) is 3.13. The average molecular weight is 304 g/mol. The monoisotopic (exact) mass is 304 g/mol. The minimum atomic E-state index is -0.542. The average Bonchev–Trinajstić information content (AvgIpc) is 3.07. The number of nitrogens with one attached hydrogen (secondary N) is 3. The summed E-state index contributed by atoms with van der Waals surface area (Å²) in [5.74, 6) is -0.285. The molecular weight excluding hydrogens is 288 g/mol. The Morgan fingerprint density at radius 2 is 1.86 bits per heavy atom. The molecule has 3 N–H and O–H groups in total. The van der Waals surface area contributed by atoms with Crippen molar-refractivity contribution in [3.05, 3.63) is 40.1 Å². The van der Waals surface area contributed by atoms with Crippen LogP contribution >= 0.6 is 11.3 Å². The number of rotatable bonds is 4. The first kappa shape index (κ1) is 13.8. The number of nitrogens with zero attached hydrogens (tertiary/aromatic N) is 1. The first-order chi connectivity index (χ1) is 10.1. The maximum Gasteiger partial charge on any atom is 0.243 e. The van der Waals surface area contributed by atoms with Crippen molar-refractivity contribution in [3.8, 4) is 0 Å². The van der Waals surface area contributed by atoms with Crippen LogP contribution in [0.4, 0.5) is 0 Å². The van der Waals surface area contributed by atoms with Crippen LogP contribution in [0.15, 0.2) is 24.7 Å². The molecule has 0 bridgehead atoms. The Balaban J connectivity index is 1.63. The van der Waals surface area contributed by atoms with Gasteiger partial charge in [0.1, 0.15) is 12.1 Å². The first-order valence-corrected chi connectivity index (χ1v) is 7.57. The van der Waals surface area contributed by atoms with Crippen LogP contribution < -0.4 is 10.6 Å². The van der Waals surface area contributed by atoms with Gasteiger partial charge in [0.05, 0.1) is 6.33 Å². The normalized spacial score (nSPS) is 22.0. The van der Waals surface area contributed by atoms with Crippen molar-refractivity contribution in [1.29, 1.82) is 0 Å². The quantitative estimate of drug-likeness (QED) is 0.771. The number of amides is 2. The molecule has 0 aromatic carbocycles. The number of hydrogen-bond acceptors (Lipinski definition) is 4. The summed E-state index contributed by atoms with van der Waals surface area (Å²) in [6, 6.07) is 2.98. The standard InChI is InChI=1S/C14H16N4O2S/c1-8-2-3-10(21-8)5-12-14(20)17-11(13(19)18-12)4-9-6-15-7-16-9/h2-3,6-7,11-12H,4-5H2,1H3,(H,15,16)(H,17,20)(H,18,19)/t11-,12+/m0/s1. The number of thiophene rings is 1. The highest BCUT2D eigenvalue weighted by atomic mass is 32.1. The third-order valence-corrected chi connectivity index (χ3v) is 4.47. The fourth-order valence-corrected chi connectivity index (χ4v) is 3.31. The van der Waals surface area contributed by atoms with E-state index in [1.54, 1.807) is 23.9 Å². The second kappa shape index (κ2) is 5.69. The number of carbonyl (C=O) groups is 2. The maximum absolute atomic E-state index is 12.1. The summed E-state index contributed by atoms with van der Waals surface area (Å²) in [4.78, 5) is 33.4. The molecule has 1 saturated heterocycles. The Labute approximate surface area is 126 Å². The van der Waals surface area contributed by atoms with E-state index in [1.807, 2.05) is 19.1 Å². The lowest BCUT2D eigenvalue weighted by molar-refractivity contribution is -0.136. The van der Waals surface area contributed by atoms with E-state index >= 15 is 0 Å². The molecule has 3 rings (SSSR count). The molecule has 2 atom stereocenters. The molecule has 0 saturated carbocycles. The molecule has 0 spiro atoms. The molecule has 1 aliphatic rings. The third-order valence-electron chi connectivity index (χ3n) is 3.45. The van der Waals surface area contributed by atoms with E-state index in [9.17, 15) is 9.59 Å². The van der Waals surface area contributed by atoms with Gasteiger partial charge in [0.15, 0.2) is 0 Å². The van der Waals surface area contributed by atoms with Gasteiger partial charge < -0.3 is 15.6 Å². The van der Waals surface area contributed by atoms with E-state index in [-0.39, 0.29) is 11.8 Å². The molecule has 1 aliphatic heterocycles. The van der Waals surface area contributed by atoms with Gasteiger partial charge in [-0.05, 0) is 19.1 Å². The number of carbonyl (C=O) groups excluding carboxylic acids is 2. The van der Waals surface area contributed by atoms with Gasteiger partial charge in [-0.2, -0.15) is 0 Å². The number of aryl methyl sites for hydroxylation is 1. The highest BCUT2D eigenvalue weighted by Crippen LogP contribution is 2.18. The van der Waals surface area contributed by atoms with Crippen molar-refractivity contribution >= 4 is 23.2 Å². The van der Waals surface area contributed by atoms with E-state index in [2.05, 4.69) is 20.6 Å². The zero-order valence-corrected chi connectivity index (χ0v) is 12.4. The zero-order chi connectivity index (χ0) is 14.8. The second-order valence-electron chi connectivity index (χ2n) is 5.12. The lowest BCUT2D eigenvalue weighted by Crippen LogP contribution is -2.62. The Kier molecular flexibility index (Phi) is 3.74. The van der Waals surface area contributed by atoms with E-state index in [1.165, 1.54) is 4.88 Å². The SMILES string of the molecule is Cc1ccc(C[C@H]2NC(=O)[C@H](Cc3cnc[nH]3)NC2=O)s1. The molecular formula is C14H16N4O2S. The lowest BCUT2D eigenvalue weighted by atomic mass is 10.0. The van der Waals surface area contributed by atoms with Gasteiger partial charge in [-0.25, -0.2) is 4.98 Å². The van der Waals surface area contributed by atoms with Crippen molar-refractivity contribution in [3.63, 3.8) is 0 Å². The molecule has 21 heavy (non-hydrogen) atoms. The molecule has 7 heteroatoms. The molecule has 110 valence electrons. The lowest BCUT2D eigenvalue weighted by Gasteiger charge is -2.29. The van der Waals surface area contributed by atoms with Gasteiger partial charge in [-0.1, -0.05) is 0 Å². The Bertz CT molecular complexity index is 650. The molecule has 2 aromatic rings. The number of H-pyrrole nitrogens is 1. The number of hydrogen-bond donors (Lipinski definition) is 3. The smallest absolute Gasteiger partial charge is 0.243 e. The summed E-state index contributed by atoms with van der Waals surface area (Å²) in [5.41, 5.74) is 0.822. The summed E-state index contributed by atoms with van der Waals surface area (Å²) in [7, 11) is 0. The van der Waals surface area contributed by atoms with Gasteiger partial charge in [-0.15, -0.1) is 11.3 Å². The van der Waals surface area contributed by atoms with Gasteiger partial charge in [-0.3, -0.25) is 9.59 Å². The highest BCUT2D eigenvalue weighted by Gasteiger charge is 2.33. The summed E-state index contributed by atoms with van der Waals surface area (Å²) in [6.45, 7) is 2.02. The minimum Gasteiger partial charge on any atom is -0.348 e. The van der Waals surface area contributed by atoms with Crippen molar-refractivity contribution in [2.24, 2.45) is 0 Å². The van der Waals surface area contributed by atoms with E-state index in [4.69, 9.17) is 0 Å². The fourth-order valence-electron chi connectivity index (χ4n) is 2.38. The Morgan fingerprint density at radius 3 is 2.43 bits per heavy atom. The summed E-state index contributed by atoms with van der Waals surface area (Å²) >= 11 is 1.64. The summed E-state index contributed by atoms with van der Waals surface area (Å²) in [6.07, 6.45) is 4.16. The molecule has 0 radical (unpaired) electrons. The molecule has 2 amide bonds. The van der Waals surface area contributed by atoms with Crippen LogP contribution in [0.1, 0.15) is 15.4 Å². The van der Waals surface area contributed by atoms with Crippen LogP contribution in [0.3, 0.4) is 0 Å². The van der Waals surface area contributed by atoms with Gasteiger partial charge >= 0.3 is 0 Å². The molecule has 3 heterocycles. The predicted molar refractivity (Wildman–Crippen MR) is 78.9 cm³/mol. The molecule has 0 unspecified atom stereocenters. The number of aromatic nitrogens is 2. The van der Waals surface area contributed by atoms with Crippen LogP contribution in [0.5, 0.6) is 0 Å². The van der Waals surface area contributed by atoms with Gasteiger partial charge in [0.2, 0.25) is 11.8 Å². The highest BCUT2D eigenvalue weighted by molar-refractivity contribution is 7.11. The van der Waals surface area contributed by atoms with E-state index in [0.717, 1.165) is 10.6 Å². The topological polar surface area (TPSA) is 86.9 Å². The molecule has 6 nitrogen and oxygen atoms in total. The van der Waals surface area contributed by atoms with Gasteiger partial charge in [0, 0.05) is 34.5 Å². The second-order valence-corrected chi connectivity index (χ2v) is 6.49. The molecule has 2 aromatic heterocycles. The van der Waals surface area contributed by atoms with Crippen LogP contribution in [-0.2, 0) is 22.4 Å². The van der Waals surface area contributed by atoms with E-state index < -0.39 is 12.1 Å². The largest absolute Gasteiger partial charge is 0.348 e. The molecule has 0 aliphatic carbocycles. The number of piperazine rings is 1. The van der Waals surface area contributed by atoms with Crippen molar-refractivity contribution in [2.45, 2.75) is 31.8 Å². The van der Waals surface area contributed by atoms with Crippen LogP contribution in [0.25, 0.3) is 0 Å². The predicted octanol–water partition coefficient (Wildman–Crippen LogP) is 0.548. The van der Waals surface area contributed by atoms with Crippen molar-refractivity contribution < 1.29 is 9.59 Å². The van der Waals surface area contributed by atoms with Crippen LogP contribution in [-0.4, -0.2) is 33.9 Å². The van der Waals surface area contributed by atoms with Crippen molar-refractivity contribution in [2.75, 3.05) is 0 Å². The number of aromatic amines is 1. The van der Waals surface area contributed by atoms with Crippen molar-refractivity contribution in [1.82, 2.24) is 20.6 Å². The summed E-state index contributed by atoms with van der Waals surface area (Å²) in [5, 5.41) is 5.60. The Hall–Kier alpha value is -2.15. The minimum absolute atomic E-state index is 0.134. The van der Waals surface area contributed by atoms with Gasteiger partial charge in [0.25, 0.3) is 0 Å². The zero-order valence-electron chi connectivity index (χ0n) is 11.6. The molecule has 1 fully saturated rings. The Morgan fingerprint density at radius 1 is 1.14 bits per heavy atom. The number of imidazole rings is 1. The maximum atomic E-state index is 12.1. The van der Waals surface area contributed by atoms with Crippen LogP contribution in [0, 0.1) is 6.92 Å². The first-order valence-electron chi connectivity index (χ1n) is 6.75. The van der Waals surface area contributed by atoms with Crippen LogP contribution in [0.2, 0.25) is 0 Å². The summed E-state index contributed by atoms with van der Waals surface area (Å²) < 4.78 is 0.